The van der Waals surface area contributed by atoms with Crippen LogP contribution in [-0.4, -0.2) is 39.4 Å². The highest BCUT2D eigenvalue weighted by Gasteiger charge is 2.55. The molecule has 218 valence electrons. The zero-order valence-corrected chi connectivity index (χ0v) is 25.1. The molecule has 6 atom stereocenters. The molecule has 0 spiro atoms. The number of Topliss-reactive ketones (excluding diaryl/α,β-unsaturated/α-hetero) is 1. The van der Waals surface area contributed by atoms with Crippen LogP contribution in [0.2, 0.25) is 0 Å². The van der Waals surface area contributed by atoms with Gasteiger partial charge in [0.2, 0.25) is 0 Å². The van der Waals surface area contributed by atoms with Gasteiger partial charge in [-0.15, -0.1) is 0 Å². The van der Waals surface area contributed by atoms with Gasteiger partial charge in [0.1, 0.15) is 5.78 Å². The Kier molecular flexibility index (Phi) is 9.51. The number of rotatable bonds is 11. The Labute approximate surface area is 237 Å². The lowest BCUT2D eigenvalue weighted by molar-refractivity contribution is -0.127. The van der Waals surface area contributed by atoms with Crippen molar-refractivity contribution < 1.29 is 20.1 Å². The summed E-state index contributed by atoms with van der Waals surface area (Å²) in [6.07, 6.45) is 20.1. The fourth-order valence-electron chi connectivity index (χ4n) is 8.40. The van der Waals surface area contributed by atoms with E-state index in [0.717, 1.165) is 49.7 Å². The first-order valence-corrected chi connectivity index (χ1v) is 15.8. The molecular weight excluding hydrogens is 484 g/mol. The van der Waals surface area contributed by atoms with Crippen LogP contribution in [0.25, 0.3) is 0 Å². The second-order valence-electron chi connectivity index (χ2n) is 14.1. The van der Waals surface area contributed by atoms with E-state index in [9.17, 15) is 20.1 Å². The molecule has 4 aliphatic rings. The molecule has 0 aromatic carbocycles. The Morgan fingerprint density at radius 1 is 1.13 bits per heavy atom. The Morgan fingerprint density at radius 2 is 1.87 bits per heavy atom. The van der Waals surface area contributed by atoms with Crippen molar-refractivity contribution in [3.8, 4) is 0 Å². The quantitative estimate of drug-likeness (QED) is 0.189. The van der Waals surface area contributed by atoms with Gasteiger partial charge in [-0.05, 0) is 91.6 Å². The first-order chi connectivity index (χ1) is 18.4. The summed E-state index contributed by atoms with van der Waals surface area (Å²) in [5.41, 5.74) is 2.80. The van der Waals surface area contributed by atoms with Gasteiger partial charge in [-0.1, -0.05) is 83.4 Å². The van der Waals surface area contributed by atoms with E-state index in [4.69, 9.17) is 0 Å². The molecular formula is C35H54O4. The van der Waals surface area contributed by atoms with Gasteiger partial charge in [0.25, 0.3) is 0 Å². The van der Waals surface area contributed by atoms with Crippen LogP contribution in [0, 0.1) is 28.1 Å². The fourth-order valence-corrected chi connectivity index (χ4v) is 8.40. The van der Waals surface area contributed by atoms with Crippen LogP contribution in [0.5, 0.6) is 0 Å². The van der Waals surface area contributed by atoms with E-state index in [1.807, 2.05) is 6.08 Å². The first-order valence-electron chi connectivity index (χ1n) is 15.8. The van der Waals surface area contributed by atoms with Crippen molar-refractivity contribution >= 4 is 5.78 Å². The van der Waals surface area contributed by atoms with Gasteiger partial charge in [0, 0.05) is 12.8 Å². The summed E-state index contributed by atoms with van der Waals surface area (Å²) in [4.78, 5) is 13.0. The highest BCUT2D eigenvalue weighted by Crippen LogP contribution is 2.62. The predicted molar refractivity (Wildman–Crippen MR) is 159 cm³/mol. The van der Waals surface area contributed by atoms with Gasteiger partial charge in [-0.2, -0.15) is 0 Å². The SMILES string of the molecule is C=C1C(=CC=C2CCC[C@]3(C)[C@@H](C(C)(C)C=C[C@H](O)C4(C(=O)CCCCCC)CC4)CC[C@@H]23)C[C@@H](O)C[C@@H]1O. The fraction of sp³-hybridized carbons (Fsp3) is 0.743. The van der Waals surface area contributed by atoms with Gasteiger partial charge in [-0.3, -0.25) is 4.79 Å². The maximum absolute atomic E-state index is 13.0. The van der Waals surface area contributed by atoms with E-state index in [-0.39, 0.29) is 16.6 Å². The molecule has 4 rings (SSSR count). The molecule has 0 heterocycles. The number of aliphatic hydroxyl groups is 3. The highest BCUT2D eigenvalue weighted by molar-refractivity contribution is 5.88. The van der Waals surface area contributed by atoms with Crippen molar-refractivity contribution in [3.05, 3.63) is 47.6 Å². The van der Waals surface area contributed by atoms with Crippen molar-refractivity contribution in [1.82, 2.24) is 0 Å². The van der Waals surface area contributed by atoms with Crippen LogP contribution < -0.4 is 0 Å². The summed E-state index contributed by atoms with van der Waals surface area (Å²) in [5.74, 6) is 1.29. The van der Waals surface area contributed by atoms with Crippen LogP contribution >= 0.6 is 0 Å². The summed E-state index contributed by atoms with van der Waals surface area (Å²) in [5, 5.41) is 31.5. The number of carbonyl (C=O) groups excluding carboxylic acids is 1. The molecule has 4 saturated carbocycles. The molecule has 0 saturated heterocycles. The van der Waals surface area contributed by atoms with Crippen molar-refractivity contribution in [2.45, 2.75) is 136 Å². The van der Waals surface area contributed by atoms with E-state index < -0.39 is 23.7 Å². The molecule has 4 fully saturated rings. The smallest absolute Gasteiger partial charge is 0.141 e. The van der Waals surface area contributed by atoms with Crippen LogP contribution in [0.1, 0.15) is 118 Å². The minimum atomic E-state index is -0.678. The number of aliphatic hydroxyl groups excluding tert-OH is 3. The molecule has 4 nitrogen and oxygen atoms in total. The van der Waals surface area contributed by atoms with Gasteiger partial charge >= 0.3 is 0 Å². The molecule has 4 aliphatic carbocycles. The second-order valence-corrected chi connectivity index (χ2v) is 14.1. The van der Waals surface area contributed by atoms with Gasteiger partial charge in [0.15, 0.2) is 0 Å². The van der Waals surface area contributed by atoms with E-state index in [2.05, 4.69) is 52.5 Å². The lowest BCUT2D eigenvalue weighted by atomic mass is 9.57. The Balaban J connectivity index is 1.44. The number of allylic oxidation sites excluding steroid dienone is 4. The van der Waals surface area contributed by atoms with Gasteiger partial charge in [-0.25, -0.2) is 0 Å². The van der Waals surface area contributed by atoms with E-state index in [1.165, 1.54) is 37.7 Å². The molecule has 3 N–H and O–H groups in total. The topological polar surface area (TPSA) is 77.8 Å². The summed E-state index contributed by atoms with van der Waals surface area (Å²) < 4.78 is 0. The average Bonchev–Trinajstić information content (AvgIpc) is 3.62. The molecule has 4 heteroatoms. The normalized spacial score (nSPS) is 35.5. The van der Waals surface area contributed by atoms with Crippen LogP contribution in [0.15, 0.2) is 47.6 Å². The molecule has 0 radical (unpaired) electrons. The highest BCUT2D eigenvalue weighted by atomic mass is 16.3. The number of hydrogen-bond acceptors (Lipinski definition) is 4. The molecule has 39 heavy (non-hydrogen) atoms. The van der Waals surface area contributed by atoms with Crippen molar-refractivity contribution in [2.75, 3.05) is 0 Å². The summed E-state index contributed by atoms with van der Waals surface area (Å²) >= 11 is 0. The largest absolute Gasteiger partial charge is 0.393 e. The maximum Gasteiger partial charge on any atom is 0.141 e. The number of unbranched alkanes of at least 4 members (excludes halogenated alkanes) is 3. The minimum Gasteiger partial charge on any atom is -0.393 e. The number of carbonyl (C=O) groups is 1. The summed E-state index contributed by atoms with van der Waals surface area (Å²) in [6, 6.07) is 0. The number of hydrogen-bond donors (Lipinski definition) is 3. The summed E-state index contributed by atoms with van der Waals surface area (Å²) in [7, 11) is 0. The molecule has 0 aliphatic heterocycles. The standard InChI is InChI=1S/C35H54O4/c1-6-7-8-9-12-31(38)35(20-21-35)32(39)17-19-33(3,4)30-16-15-28-25(11-10-18-34(28,30)5)13-14-26-22-27(36)23-29(37)24(26)2/h13-14,17,19,27-30,32,36-37,39H,2,6-12,15-16,18,20-23H2,1,3-5H3/t27-,28+,29+,30-,32+,34+/m1/s1. The second kappa shape index (κ2) is 12.2. The Morgan fingerprint density at radius 3 is 2.56 bits per heavy atom. The van der Waals surface area contributed by atoms with E-state index in [0.29, 0.717) is 31.1 Å². The maximum atomic E-state index is 13.0. The molecule has 0 aromatic rings. The Hall–Kier alpha value is -1.49. The molecule has 0 aromatic heterocycles. The van der Waals surface area contributed by atoms with Crippen LogP contribution in [0.4, 0.5) is 0 Å². The third-order valence-corrected chi connectivity index (χ3v) is 11.0. The molecule has 0 bridgehead atoms. The predicted octanol–water partition coefficient (Wildman–Crippen LogP) is 7.39. The van der Waals surface area contributed by atoms with Gasteiger partial charge in [0.05, 0.1) is 23.7 Å². The first kappa shape index (κ1) is 30.5. The van der Waals surface area contributed by atoms with Gasteiger partial charge < -0.3 is 15.3 Å². The zero-order valence-electron chi connectivity index (χ0n) is 25.1. The Bertz CT molecular complexity index is 996. The van der Waals surface area contributed by atoms with Crippen LogP contribution in [-0.2, 0) is 4.79 Å². The lowest BCUT2D eigenvalue weighted by Gasteiger charge is -2.47. The van der Waals surface area contributed by atoms with Crippen LogP contribution in [0.3, 0.4) is 0 Å². The van der Waals surface area contributed by atoms with E-state index in [1.54, 1.807) is 0 Å². The third-order valence-electron chi connectivity index (χ3n) is 11.0. The monoisotopic (exact) mass is 538 g/mol. The average molecular weight is 539 g/mol. The number of fused-ring (bicyclic) bond motifs is 1. The molecule has 0 unspecified atom stereocenters. The van der Waals surface area contributed by atoms with E-state index >= 15 is 0 Å². The lowest BCUT2D eigenvalue weighted by Crippen LogP contribution is -2.39. The zero-order chi connectivity index (χ0) is 28.4. The van der Waals surface area contributed by atoms with Crippen molar-refractivity contribution in [1.29, 1.82) is 0 Å². The van der Waals surface area contributed by atoms with Crippen molar-refractivity contribution in [2.24, 2.45) is 28.1 Å². The van der Waals surface area contributed by atoms with Crippen molar-refractivity contribution in [3.63, 3.8) is 0 Å². The summed E-state index contributed by atoms with van der Waals surface area (Å²) in [6.45, 7) is 13.4. The number of ketones is 1. The molecule has 0 amide bonds. The third kappa shape index (κ3) is 6.39. The minimum absolute atomic E-state index is 0.0719.